The van der Waals surface area contributed by atoms with Crippen LogP contribution in [0.3, 0.4) is 0 Å². The normalized spacial score (nSPS) is 42.0. The first kappa shape index (κ1) is 27.2. The quantitative estimate of drug-likeness (QED) is 0.257. The number of rotatable bonds is 7. The second-order valence-corrected chi connectivity index (χ2v) is 14.2. The molecular weight excluding hydrogens is 472 g/mol. The standard InChI is InChI=1S/C37H54N2/c1-26-22-34(36-19-14-29-7-3-5-9-33(29)24-36)17-10-27(26)20-21-39-25-37(38)31-15-11-30(12-16-31)35-18-13-28-6-2-4-8-32(28)23-35/h2,4-6,8-11,17,25-29,31-36,39H,3,7,12-16,18-24,38H2,1H3/b37-25-. The monoisotopic (exact) mass is 526 g/mol. The van der Waals surface area contributed by atoms with Gasteiger partial charge in [-0.25, -0.2) is 0 Å². The van der Waals surface area contributed by atoms with Crippen molar-refractivity contribution in [3.63, 3.8) is 0 Å². The number of nitrogens with two attached hydrogens (primary N) is 1. The van der Waals surface area contributed by atoms with Gasteiger partial charge in [0, 0.05) is 24.4 Å². The van der Waals surface area contributed by atoms with Crippen LogP contribution in [0.4, 0.5) is 0 Å². The first-order valence-electron chi connectivity index (χ1n) is 16.7. The van der Waals surface area contributed by atoms with Gasteiger partial charge in [0.25, 0.3) is 0 Å². The molecule has 0 aliphatic heterocycles. The van der Waals surface area contributed by atoms with Gasteiger partial charge in [0.2, 0.25) is 0 Å². The van der Waals surface area contributed by atoms with Crippen LogP contribution < -0.4 is 11.1 Å². The van der Waals surface area contributed by atoms with Crippen LogP contribution >= 0.6 is 0 Å². The van der Waals surface area contributed by atoms with Crippen molar-refractivity contribution in [3.8, 4) is 0 Å². The van der Waals surface area contributed by atoms with Gasteiger partial charge in [0.05, 0.1) is 0 Å². The third-order valence-corrected chi connectivity index (χ3v) is 11.9. The van der Waals surface area contributed by atoms with Crippen molar-refractivity contribution in [1.82, 2.24) is 5.32 Å². The zero-order chi connectivity index (χ0) is 26.6. The lowest BCUT2D eigenvalue weighted by atomic mass is 9.64. The van der Waals surface area contributed by atoms with E-state index in [9.17, 15) is 0 Å². The van der Waals surface area contributed by atoms with Gasteiger partial charge in [-0.15, -0.1) is 0 Å². The summed E-state index contributed by atoms with van der Waals surface area (Å²) in [7, 11) is 0. The summed E-state index contributed by atoms with van der Waals surface area (Å²) in [5, 5.41) is 3.60. The minimum Gasteiger partial charge on any atom is -0.401 e. The molecule has 2 heteroatoms. The Morgan fingerprint density at radius 2 is 1.69 bits per heavy atom. The molecule has 2 saturated carbocycles. The summed E-state index contributed by atoms with van der Waals surface area (Å²) in [5.74, 6) is 7.95. The van der Waals surface area contributed by atoms with Crippen LogP contribution in [0.2, 0.25) is 0 Å². The minimum atomic E-state index is 0.512. The Balaban J connectivity index is 0.923. The van der Waals surface area contributed by atoms with E-state index in [1.165, 1.54) is 77.0 Å². The summed E-state index contributed by atoms with van der Waals surface area (Å²) < 4.78 is 0. The summed E-state index contributed by atoms with van der Waals surface area (Å²) >= 11 is 0. The van der Waals surface area contributed by atoms with Crippen molar-refractivity contribution in [2.45, 2.75) is 90.4 Å². The average molecular weight is 527 g/mol. The molecule has 0 saturated heterocycles. The molecule has 0 aromatic carbocycles. The molecule has 0 aromatic rings. The molecule has 39 heavy (non-hydrogen) atoms. The Morgan fingerprint density at radius 1 is 0.846 bits per heavy atom. The fraction of sp³-hybridized carbons (Fsp3) is 0.676. The molecule has 0 radical (unpaired) electrons. The number of fused-ring (bicyclic) bond motifs is 2. The van der Waals surface area contributed by atoms with Crippen molar-refractivity contribution in [1.29, 1.82) is 0 Å². The second-order valence-electron chi connectivity index (χ2n) is 14.2. The molecule has 212 valence electrons. The number of allylic oxidation sites excluding steroid dienone is 11. The van der Waals surface area contributed by atoms with Gasteiger partial charge in [-0.2, -0.15) is 0 Å². The molecule has 0 bridgehead atoms. The molecule has 2 fully saturated rings. The Morgan fingerprint density at radius 3 is 2.54 bits per heavy atom. The minimum absolute atomic E-state index is 0.512. The Labute approximate surface area is 239 Å². The molecule has 6 aliphatic rings. The predicted molar refractivity (Wildman–Crippen MR) is 166 cm³/mol. The van der Waals surface area contributed by atoms with Gasteiger partial charge in [0.1, 0.15) is 0 Å². The third-order valence-electron chi connectivity index (χ3n) is 11.9. The van der Waals surface area contributed by atoms with Gasteiger partial charge < -0.3 is 11.1 Å². The van der Waals surface area contributed by atoms with Crippen LogP contribution in [-0.4, -0.2) is 6.54 Å². The van der Waals surface area contributed by atoms with E-state index in [-0.39, 0.29) is 0 Å². The maximum absolute atomic E-state index is 6.59. The van der Waals surface area contributed by atoms with Crippen LogP contribution in [0.1, 0.15) is 90.4 Å². The molecular formula is C37H54N2. The van der Waals surface area contributed by atoms with E-state index in [0.717, 1.165) is 66.0 Å². The predicted octanol–water partition coefficient (Wildman–Crippen LogP) is 8.86. The van der Waals surface area contributed by atoms with Crippen molar-refractivity contribution in [2.24, 2.45) is 64.9 Å². The van der Waals surface area contributed by atoms with E-state index < -0.39 is 0 Å². The van der Waals surface area contributed by atoms with Gasteiger partial charge in [0.15, 0.2) is 0 Å². The Hall–Kier alpha value is -1.96. The summed E-state index contributed by atoms with van der Waals surface area (Å²) in [5.41, 5.74) is 9.38. The van der Waals surface area contributed by atoms with Gasteiger partial charge in [-0.3, -0.25) is 0 Å². The molecule has 3 N–H and O–H groups in total. The number of hydrogen-bond donors (Lipinski definition) is 2. The van der Waals surface area contributed by atoms with E-state index in [1.54, 1.807) is 5.57 Å². The topological polar surface area (TPSA) is 38.0 Å². The van der Waals surface area contributed by atoms with Crippen molar-refractivity contribution in [2.75, 3.05) is 6.54 Å². The van der Waals surface area contributed by atoms with Crippen LogP contribution in [-0.2, 0) is 0 Å². The maximum Gasteiger partial charge on any atom is 0.0275 e. The highest BCUT2D eigenvalue weighted by molar-refractivity contribution is 5.21. The third kappa shape index (κ3) is 6.52. The number of hydrogen-bond acceptors (Lipinski definition) is 2. The van der Waals surface area contributed by atoms with Crippen molar-refractivity contribution < 1.29 is 0 Å². The summed E-state index contributed by atoms with van der Waals surface area (Å²) in [6, 6.07) is 0. The van der Waals surface area contributed by atoms with E-state index in [2.05, 4.69) is 73.1 Å². The van der Waals surface area contributed by atoms with Crippen LogP contribution in [0.25, 0.3) is 0 Å². The zero-order valence-corrected chi connectivity index (χ0v) is 24.5. The molecule has 6 aliphatic carbocycles. The van der Waals surface area contributed by atoms with Crippen LogP contribution in [0.5, 0.6) is 0 Å². The Kier molecular flexibility index (Phi) is 8.86. The molecule has 2 nitrogen and oxygen atoms in total. The molecule has 0 heterocycles. The van der Waals surface area contributed by atoms with Crippen molar-refractivity contribution in [3.05, 3.63) is 72.2 Å². The van der Waals surface area contributed by atoms with Crippen LogP contribution in [0, 0.1) is 59.2 Å². The molecule has 6 rings (SSSR count). The summed E-state index contributed by atoms with van der Waals surface area (Å²) in [4.78, 5) is 0. The lowest BCUT2D eigenvalue weighted by Gasteiger charge is -2.41. The second kappa shape index (κ2) is 12.7. The molecule has 0 spiro atoms. The highest BCUT2D eigenvalue weighted by atomic mass is 14.8. The van der Waals surface area contributed by atoms with E-state index in [0.29, 0.717) is 11.8 Å². The largest absolute Gasteiger partial charge is 0.401 e. The van der Waals surface area contributed by atoms with E-state index in [4.69, 9.17) is 5.73 Å². The summed E-state index contributed by atoms with van der Waals surface area (Å²) in [6.07, 6.45) is 41.7. The average Bonchev–Trinajstić information content (AvgIpc) is 2.99. The van der Waals surface area contributed by atoms with Crippen molar-refractivity contribution >= 4 is 0 Å². The number of nitrogens with one attached hydrogen (secondary N) is 1. The maximum atomic E-state index is 6.59. The van der Waals surface area contributed by atoms with Gasteiger partial charge in [-0.1, -0.05) is 67.2 Å². The Bertz CT molecular complexity index is 1010. The first-order chi connectivity index (χ1) is 19.1. The van der Waals surface area contributed by atoms with Gasteiger partial charge in [-0.05, 0) is 137 Å². The SMILES string of the molecule is CC1CC(C2CCC3CCC=CC3C2)C=CC1CCN/C=C(\N)C1CC=C(C2CCC3C=CC=CC3C2)CC1. The lowest BCUT2D eigenvalue weighted by molar-refractivity contribution is 0.146. The summed E-state index contributed by atoms with van der Waals surface area (Å²) in [6.45, 7) is 3.53. The van der Waals surface area contributed by atoms with Crippen LogP contribution in [0.15, 0.2) is 72.2 Å². The lowest BCUT2D eigenvalue weighted by Crippen LogP contribution is -2.32. The fourth-order valence-electron chi connectivity index (χ4n) is 9.28. The van der Waals surface area contributed by atoms with E-state index in [1.807, 2.05) is 0 Å². The molecule has 0 amide bonds. The fourth-order valence-corrected chi connectivity index (χ4v) is 9.28. The molecule has 10 unspecified atom stereocenters. The molecule has 0 aromatic heterocycles. The smallest absolute Gasteiger partial charge is 0.0275 e. The molecule has 10 atom stereocenters. The highest BCUT2D eigenvalue weighted by Gasteiger charge is 2.35. The first-order valence-corrected chi connectivity index (χ1v) is 16.7. The zero-order valence-electron chi connectivity index (χ0n) is 24.5. The van der Waals surface area contributed by atoms with Gasteiger partial charge >= 0.3 is 0 Å². The van der Waals surface area contributed by atoms with E-state index >= 15 is 0 Å². The highest BCUT2D eigenvalue weighted by Crippen LogP contribution is 2.46.